The molecule has 0 saturated carbocycles. The number of carbonyl (C=O) groups excluding carboxylic acids is 2. The lowest BCUT2D eigenvalue weighted by Crippen LogP contribution is -2.33. The molecular formula is C29H38N2O5. The van der Waals surface area contributed by atoms with Gasteiger partial charge >= 0.3 is 0 Å². The Labute approximate surface area is 214 Å². The monoisotopic (exact) mass is 494 g/mol. The van der Waals surface area contributed by atoms with E-state index in [0.29, 0.717) is 42.2 Å². The van der Waals surface area contributed by atoms with Crippen LogP contribution >= 0.6 is 0 Å². The summed E-state index contributed by atoms with van der Waals surface area (Å²) in [5.74, 6) is -0.329. The average Bonchev–Trinajstić information content (AvgIpc) is 3.14. The fraction of sp³-hybridized carbons (Fsp3) is 0.448. The molecule has 1 amide bonds. The van der Waals surface area contributed by atoms with Crippen LogP contribution in [0.1, 0.15) is 56.3 Å². The van der Waals surface area contributed by atoms with Gasteiger partial charge in [0.2, 0.25) is 0 Å². The number of likely N-dealkylation sites (tertiary alicyclic amines) is 1. The third-order valence-electron chi connectivity index (χ3n) is 6.60. The SMILES string of the molecule is CCCOc1ccc(C2/C(=C(/O)c3ccc(C)cc3)C(=O)C(=O)N2CCCN(CC)CC)cc1OC. The van der Waals surface area contributed by atoms with Gasteiger partial charge in [0, 0.05) is 12.1 Å². The largest absolute Gasteiger partial charge is 0.507 e. The molecule has 3 rings (SSSR count). The fourth-order valence-corrected chi connectivity index (χ4v) is 4.51. The van der Waals surface area contributed by atoms with Gasteiger partial charge in [0.25, 0.3) is 11.7 Å². The molecule has 194 valence electrons. The van der Waals surface area contributed by atoms with Gasteiger partial charge in [-0.15, -0.1) is 0 Å². The van der Waals surface area contributed by atoms with Crippen LogP contribution in [0, 0.1) is 6.92 Å². The molecule has 1 unspecified atom stereocenters. The molecule has 1 aliphatic rings. The fourth-order valence-electron chi connectivity index (χ4n) is 4.51. The van der Waals surface area contributed by atoms with Crippen molar-refractivity contribution in [1.82, 2.24) is 9.80 Å². The molecule has 1 atom stereocenters. The highest BCUT2D eigenvalue weighted by Gasteiger charge is 2.46. The molecule has 0 radical (unpaired) electrons. The van der Waals surface area contributed by atoms with E-state index in [1.165, 1.54) is 0 Å². The number of hydrogen-bond donors (Lipinski definition) is 1. The molecule has 0 spiro atoms. The smallest absolute Gasteiger partial charge is 0.295 e. The summed E-state index contributed by atoms with van der Waals surface area (Å²) in [5.41, 5.74) is 2.32. The van der Waals surface area contributed by atoms with Gasteiger partial charge in [-0.2, -0.15) is 0 Å². The first-order chi connectivity index (χ1) is 17.4. The summed E-state index contributed by atoms with van der Waals surface area (Å²) in [5, 5.41) is 11.3. The number of Topliss-reactive ketones (excluding diaryl/α,β-unsaturated/α-hetero) is 1. The number of hydrogen-bond acceptors (Lipinski definition) is 6. The number of nitrogens with zero attached hydrogens (tertiary/aromatic N) is 2. The molecule has 1 heterocycles. The zero-order chi connectivity index (χ0) is 26.2. The van der Waals surface area contributed by atoms with Gasteiger partial charge in [-0.25, -0.2) is 0 Å². The van der Waals surface area contributed by atoms with E-state index in [2.05, 4.69) is 18.7 Å². The zero-order valence-electron chi connectivity index (χ0n) is 22.0. The molecule has 0 bridgehead atoms. The second-order valence-electron chi connectivity index (χ2n) is 9.00. The van der Waals surface area contributed by atoms with Crippen LogP contribution in [0.15, 0.2) is 48.0 Å². The van der Waals surface area contributed by atoms with Crippen LogP contribution in [0.3, 0.4) is 0 Å². The number of aryl methyl sites for hydroxylation is 1. The van der Waals surface area contributed by atoms with Crippen molar-refractivity contribution in [2.75, 3.05) is 39.9 Å². The first-order valence-corrected chi connectivity index (χ1v) is 12.7. The van der Waals surface area contributed by atoms with Crippen molar-refractivity contribution in [3.63, 3.8) is 0 Å². The maximum atomic E-state index is 13.3. The number of rotatable bonds is 12. The minimum Gasteiger partial charge on any atom is -0.507 e. The molecule has 1 aliphatic heterocycles. The highest BCUT2D eigenvalue weighted by Crippen LogP contribution is 2.42. The second kappa shape index (κ2) is 12.6. The first kappa shape index (κ1) is 27.3. The van der Waals surface area contributed by atoms with E-state index in [0.717, 1.165) is 31.6 Å². The van der Waals surface area contributed by atoms with Crippen molar-refractivity contribution in [3.8, 4) is 11.5 Å². The number of ketones is 1. The normalized spacial score (nSPS) is 17.2. The Morgan fingerprint density at radius 3 is 2.33 bits per heavy atom. The Morgan fingerprint density at radius 2 is 1.72 bits per heavy atom. The molecule has 1 saturated heterocycles. The molecule has 7 heteroatoms. The third kappa shape index (κ3) is 5.90. The first-order valence-electron chi connectivity index (χ1n) is 12.7. The Balaban J connectivity index is 2.07. The minimum atomic E-state index is -0.725. The van der Waals surface area contributed by atoms with Gasteiger partial charge < -0.3 is 24.4 Å². The van der Waals surface area contributed by atoms with Crippen LogP contribution in [-0.4, -0.2) is 66.5 Å². The summed E-state index contributed by atoms with van der Waals surface area (Å²) in [6.07, 6.45) is 1.57. The number of carbonyl (C=O) groups is 2. The Kier molecular flexibility index (Phi) is 9.53. The molecule has 0 aromatic heterocycles. The summed E-state index contributed by atoms with van der Waals surface area (Å²) >= 11 is 0. The number of ether oxygens (including phenoxy) is 2. The lowest BCUT2D eigenvalue weighted by atomic mass is 9.94. The molecular weight excluding hydrogens is 456 g/mol. The van der Waals surface area contributed by atoms with E-state index in [-0.39, 0.29) is 11.3 Å². The van der Waals surface area contributed by atoms with Crippen LogP contribution in [0.5, 0.6) is 11.5 Å². The number of aliphatic hydroxyl groups excluding tert-OH is 1. The van der Waals surface area contributed by atoms with Crippen molar-refractivity contribution < 1.29 is 24.2 Å². The summed E-state index contributed by atoms with van der Waals surface area (Å²) in [7, 11) is 1.56. The van der Waals surface area contributed by atoms with Crippen LogP contribution in [0.4, 0.5) is 0 Å². The van der Waals surface area contributed by atoms with E-state index in [1.54, 1.807) is 36.3 Å². The van der Waals surface area contributed by atoms with E-state index < -0.39 is 17.7 Å². The molecule has 0 aliphatic carbocycles. The molecule has 36 heavy (non-hydrogen) atoms. The Morgan fingerprint density at radius 1 is 1.03 bits per heavy atom. The van der Waals surface area contributed by atoms with Gasteiger partial charge in [-0.05, 0) is 57.1 Å². The number of amides is 1. The molecule has 2 aromatic rings. The molecule has 1 fully saturated rings. The maximum absolute atomic E-state index is 13.3. The van der Waals surface area contributed by atoms with Gasteiger partial charge in [-0.3, -0.25) is 9.59 Å². The van der Waals surface area contributed by atoms with Crippen molar-refractivity contribution in [1.29, 1.82) is 0 Å². The van der Waals surface area contributed by atoms with Gasteiger partial charge in [0.15, 0.2) is 11.5 Å². The van der Waals surface area contributed by atoms with Crippen molar-refractivity contribution in [2.24, 2.45) is 0 Å². The Hall–Kier alpha value is -3.32. The molecule has 1 N–H and O–H groups in total. The number of benzene rings is 2. The summed E-state index contributed by atoms with van der Waals surface area (Å²) in [6, 6.07) is 12.0. The zero-order valence-corrected chi connectivity index (χ0v) is 22.0. The van der Waals surface area contributed by atoms with Gasteiger partial charge in [-0.1, -0.05) is 56.7 Å². The molecule has 2 aromatic carbocycles. The lowest BCUT2D eigenvalue weighted by Gasteiger charge is -2.27. The highest BCUT2D eigenvalue weighted by atomic mass is 16.5. The van der Waals surface area contributed by atoms with Crippen LogP contribution in [0.2, 0.25) is 0 Å². The maximum Gasteiger partial charge on any atom is 0.295 e. The lowest BCUT2D eigenvalue weighted by molar-refractivity contribution is -0.140. The number of aliphatic hydroxyl groups is 1. The summed E-state index contributed by atoms with van der Waals surface area (Å²) in [4.78, 5) is 30.4. The van der Waals surface area contributed by atoms with E-state index >= 15 is 0 Å². The topological polar surface area (TPSA) is 79.3 Å². The summed E-state index contributed by atoms with van der Waals surface area (Å²) in [6.45, 7) is 11.8. The Bertz CT molecular complexity index is 1090. The predicted octanol–water partition coefficient (Wildman–Crippen LogP) is 4.95. The third-order valence-corrected chi connectivity index (χ3v) is 6.60. The van der Waals surface area contributed by atoms with Crippen LogP contribution < -0.4 is 9.47 Å². The minimum absolute atomic E-state index is 0.0935. The van der Waals surface area contributed by atoms with E-state index in [4.69, 9.17) is 9.47 Å². The van der Waals surface area contributed by atoms with Crippen molar-refractivity contribution in [2.45, 2.75) is 46.6 Å². The van der Waals surface area contributed by atoms with Crippen LogP contribution in [-0.2, 0) is 9.59 Å². The average molecular weight is 495 g/mol. The van der Waals surface area contributed by atoms with Crippen molar-refractivity contribution >= 4 is 17.4 Å². The van der Waals surface area contributed by atoms with E-state index in [1.807, 2.05) is 32.0 Å². The van der Waals surface area contributed by atoms with Gasteiger partial charge in [0.1, 0.15) is 5.76 Å². The predicted molar refractivity (Wildman–Crippen MR) is 141 cm³/mol. The summed E-state index contributed by atoms with van der Waals surface area (Å²) < 4.78 is 11.4. The van der Waals surface area contributed by atoms with Crippen molar-refractivity contribution in [3.05, 3.63) is 64.7 Å². The van der Waals surface area contributed by atoms with Gasteiger partial charge in [0.05, 0.1) is 25.3 Å². The quantitative estimate of drug-likeness (QED) is 0.256. The second-order valence-corrected chi connectivity index (χ2v) is 9.00. The molecule has 7 nitrogen and oxygen atoms in total. The number of methoxy groups -OCH3 is 1. The highest BCUT2D eigenvalue weighted by molar-refractivity contribution is 6.46. The van der Waals surface area contributed by atoms with E-state index in [9.17, 15) is 14.7 Å². The standard InChI is InChI=1S/C29H38N2O5/c1-6-18-36-23-15-14-22(19-24(23)35-5)26-25(27(32)21-12-10-20(4)11-13-21)28(33)29(34)31(26)17-9-16-30(7-2)8-3/h10-15,19,26,32H,6-9,16-18H2,1-5H3/b27-25-. The van der Waals surface area contributed by atoms with Crippen LogP contribution in [0.25, 0.3) is 5.76 Å².